The Morgan fingerprint density at radius 1 is 1.00 bits per heavy atom. The number of ether oxygens (including phenoxy) is 3. The van der Waals surface area contributed by atoms with Gasteiger partial charge in [0, 0.05) is 5.92 Å². The zero-order valence-electron chi connectivity index (χ0n) is 14.8. The minimum Gasteiger partial charge on any atom is -0.468 e. The van der Waals surface area contributed by atoms with Crippen molar-refractivity contribution in [3.63, 3.8) is 0 Å². The van der Waals surface area contributed by atoms with E-state index in [2.05, 4.69) is 11.7 Å². The van der Waals surface area contributed by atoms with E-state index in [0.717, 1.165) is 33.5 Å². The second kappa shape index (κ2) is 8.80. The molecule has 136 valence electrons. The maximum absolute atomic E-state index is 12.7. The first-order chi connectivity index (χ1) is 11.4. The largest absolute Gasteiger partial charge is 0.468 e. The fourth-order valence-corrected chi connectivity index (χ4v) is 3.45. The second-order valence-electron chi connectivity index (χ2n) is 6.04. The Hall–Kier alpha value is -1.92. The van der Waals surface area contributed by atoms with Crippen molar-refractivity contribution in [3.05, 3.63) is 0 Å². The number of hydrogen-bond acceptors (Lipinski definition) is 7. The van der Waals surface area contributed by atoms with Crippen molar-refractivity contribution < 1.29 is 33.4 Å². The van der Waals surface area contributed by atoms with Crippen LogP contribution in [0.5, 0.6) is 0 Å². The van der Waals surface area contributed by atoms with E-state index < -0.39 is 40.9 Å². The highest BCUT2D eigenvalue weighted by Gasteiger charge is 2.65. The summed E-state index contributed by atoms with van der Waals surface area (Å²) in [4.78, 5) is 49.4. The van der Waals surface area contributed by atoms with Crippen molar-refractivity contribution in [3.8, 4) is 0 Å². The van der Waals surface area contributed by atoms with Gasteiger partial charge in [0.25, 0.3) is 0 Å². The summed E-state index contributed by atoms with van der Waals surface area (Å²) in [6, 6.07) is 0. The first-order valence-electron chi connectivity index (χ1n) is 8.19. The summed E-state index contributed by atoms with van der Waals surface area (Å²) in [5, 5.41) is 0. The van der Waals surface area contributed by atoms with Gasteiger partial charge >= 0.3 is 17.9 Å². The lowest BCUT2D eigenvalue weighted by molar-refractivity contribution is -0.173. The molecule has 0 aromatic carbocycles. The summed E-state index contributed by atoms with van der Waals surface area (Å²) in [5.74, 6) is -4.95. The summed E-state index contributed by atoms with van der Waals surface area (Å²) in [6.45, 7) is 2.06. The lowest BCUT2D eigenvalue weighted by Gasteiger charge is -2.28. The highest BCUT2D eigenvalue weighted by molar-refractivity contribution is 6.13. The number of hydrogen-bond donors (Lipinski definition) is 0. The van der Waals surface area contributed by atoms with Gasteiger partial charge < -0.3 is 14.2 Å². The van der Waals surface area contributed by atoms with E-state index in [1.54, 1.807) is 0 Å². The van der Waals surface area contributed by atoms with Crippen molar-refractivity contribution in [2.24, 2.45) is 17.3 Å². The topological polar surface area (TPSA) is 96.0 Å². The standard InChI is InChI=1S/C17H26O7/c1-5-6-7-8-9-12-13(18)11(14(19)22-2)10-17(12,15(20)23-3)16(21)24-4/h11-12H,5-10H2,1-4H3. The van der Waals surface area contributed by atoms with Crippen LogP contribution in [-0.4, -0.2) is 45.0 Å². The van der Waals surface area contributed by atoms with Crippen molar-refractivity contribution in [1.82, 2.24) is 0 Å². The fourth-order valence-electron chi connectivity index (χ4n) is 3.45. The van der Waals surface area contributed by atoms with Crippen LogP contribution in [0.1, 0.15) is 45.4 Å². The van der Waals surface area contributed by atoms with Crippen LogP contribution in [0.2, 0.25) is 0 Å². The summed E-state index contributed by atoms with van der Waals surface area (Å²) >= 11 is 0. The highest BCUT2D eigenvalue weighted by atomic mass is 16.5. The smallest absolute Gasteiger partial charge is 0.324 e. The van der Waals surface area contributed by atoms with E-state index >= 15 is 0 Å². The van der Waals surface area contributed by atoms with E-state index in [1.807, 2.05) is 0 Å². The average Bonchev–Trinajstić information content (AvgIpc) is 2.90. The van der Waals surface area contributed by atoms with Crippen molar-refractivity contribution in [2.45, 2.75) is 45.4 Å². The first kappa shape index (κ1) is 20.1. The van der Waals surface area contributed by atoms with E-state index in [9.17, 15) is 19.2 Å². The molecular formula is C17H26O7. The predicted octanol–water partition coefficient (Wildman–Crippen LogP) is 1.67. The molecular weight excluding hydrogens is 316 g/mol. The summed E-state index contributed by atoms with van der Waals surface area (Å²) in [6.07, 6.45) is 3.62. The maximum Gasteiger partial charge on any atom is 0.324 e. The molecule has 2 unspecified atom stereocenters. The van der Waals surface area contributed by atoms with Gasteiger partial charge in [0.05, 0.1) is 21.3 Å². The summed E-state index contributed by atoms with van der Waals surface area (Å²) < 4.78 is 14.2. The van der Waals surface area contributed by atoms with Gasteiger partial charge in [-0.15, -0.1) is 0 Å². The molecule has 2 atom stereocenters. The SMILES string of the molecule is CCCCCCC1C(=O)C(C(=O)OC)CC1(C(=O)OC)C(=O)OC. The van der Waals surface area contributed by atoms with Gasteiger partial charge in [-0.2, -0.15) is 0 Å². The van der Waals surface area contributed by atoms with Crippen LogP contribution in [0.4, 0.5) is 0 Å². The molecule has 0 aromatic heterocycles. The number of Topliss-reactive ketones (excluding diaryl/α,β-unsaturated/α-hetero) is 1. The molecule has 0 amide bonds. The van der Waals surface area contributed by atoms with Crippen LogP contribution < -0.4 is 0 Å². The molecule has 0 radical (unpaired) electrons. The number of esters is 3. The molecule has 1 aliphatic rings. The monoisotopic (exact) mass is 342 g/mol. The number of unbranched alkanes of at least 4 members (excludes halogenated alkanes) is 3. The maximum atomic E-state index is 12.7. The van der Waals surface area contributed by atoms with Crippen LogP contribution >= 0.6 is 0 Å². The van der Waals surface area contributed by atoms with Crippen LogP contribution in [0, 0.1) is 17.3 Å². The highest BCUT2D eigenvalue weighted by Crippen LogP contribution is 2.48. The Bertz CT molecular complexity index is 481. The lowest BCUT2D eigenvalue weighted by atomic mass is 9.75. The molecule has 7 heteroatoms. The first-order valence-corrected chi connectivity index (χ1v) is 8.19. The van der Waals surface area contributed by atoms with Gasteiger partial charge in [0.1, 0.15) is 5.92 Å². The molecule has 1 rings (SSSR count). The molecule has 1 saturated carbocycles. The molecule has 0 heterocycles. The van der Waals surface area contributed by atoms with E-state index in [4.69, 9.17) is 9.47 Å². The molecule has 1 fully saturated rings. The minimum absolute atomic E-state index is 0.268. The van der Waals surface area contributed by atoms with Crippen LogP contribution in [0.25, 0.3) is 0 Å². The number of rotatable bonds is 8. The third kappa shape index (κ3) is 3.60. The molecule has 0 N–H and O–H groups in total. The van der Waals surface area contributed by atoms with Gasteiger partial charge in [-0.25, -0.2) is 0 Å². The third-order valence-corrected chi connectivity index (χ3v) is 4.74. The fraction of sp³-hybridized carbons (Fsp3) is 0.765. The number of methoxy groups -OCH3 is 3. The zero-order valence-corrected chi connectivity index (χ0v) is 14.8. The van der Waals surface area contributed by atoms with E-state index in [0.29, 0.717) is 12.8 Å². The second-order valence-corrected chi connectivity index (χ2v) is 6.04. The number of carbonyl (C=O) groups excluding carboxylic acids is 4. The van der Waals surface area contributed by atoms with E-state index in [-0.39, 0.29) is 6.42 Å². The van der Waals surface area contributed by atoms with Crippen molar-refractivity contribution >= 4 is 23.7 Å². The molecule has 0 spiro atoms. The third-order valence-electron chi connectivity index (χ3n) is 4.74. The Balaban J connectivity index is 3.21. The molecule has 7 nitrogen and oxygen atoms in total. The van der Waals surface area contributed by atoms with Crippen molar-refractivity contribution in [1.29, 1.82) is 0 Å². The molecule has 0 saturated heterocycles. The predicted molar refractivity (Wildman–Crippen MR) is 83.8 cm³/mol. The Morgan fingerprint density at radius 2 is 1.58 bits per heavy atom. The van der Waals surface area contributed by atoms with Gasteiger partial charge in [0.2, 0.25) is 0 Å². The molecule has 24 heavy (non-hydrogen) atoms. The van der Waals surface area contributed by atoms with Crippen molar-refractivity contribution in [2.75, 3.05) is 21.3 Å². The minimum atomic E-state index is -1.77. The normalized spacial score (nSPS) is 22.1. The van der Waals surface area contributed by atoms with Crippen LogP contribution in [-0.2, 0) is 33.4 Å². The van der Waals surface area contributed by atoms with Crippen LogP contribution in [0.15, 0.2) is 0 Å². The molecule has 1 aliphatic carbocycles. The van der Waals surface area contributed by atoms with Gasteiger partial charge in [-0.3, -0.25) is 19.2 Å². The lowest BCUT2D eigenvalue weighted by Crippen LogP contribution is -2.45. The average molecular weight is 342 g/mol. The number of ketones is 1. The van der Waals surface area contributed by atoms with E-state index in [1.165, 1.54) is 7.11 Å². The zero-order chi connectivity index (χ0) is 18.3. The number of carbonyl (C=O) groups is 4. The van der Waals surface area contributed by atoms with Crippen LogP contribution in [0.3, 0.4) is 0 Å². The van der Waals surface area contributed by atoms with Gasteiger partial charge in [-0.1, -0.05) is 32.6 Å². The Labute approximate surface area is 142 Å². The summed E-state index contributed by atoms with van der Waals surface area (Å²) in [5.41, 5.74) is -1.77. The Kier molecular flexibility index (Phi) is 7.38. The Morgan fingerprint density at radius 3 is 2.04 bits per heavy atom. The van der Waals surface area contributed by atoms with Gasteiger partial charge in [-0.05, 0) is 12.8 Å². The quantitative estimate of drug-likeness (QED) is 0.286. The molecule has 0 aromatic rings. The van der Waals surface area contributed by atoms with Gasteiger partial charge in [0.15, 0.2) is 11.2 Å². The molecule has 0 aliphatic heterocycles. The summed E-state index contributed by atoms with van der Waals surface area (Å²) in [7, 11) is 3.47. The molecule has 0 bridgehead atoms.